The standard InChI is InChI=1S/C15H13Br2Cl/c1-9-6-7-11(8-10(9)2)14(17)12-4-3-5-13(16)15(12)18/h3-8,14H,1-2H3. The monoisotopic (exact) mass is 386 g/mol. The molecule has 0 heterocycles. The first kappa shape index (κ1) is 14.1. The zero-order chi connectivity index (χ0) is 13.3. The minimum atomic E-state index is 0.113. The molecule has 2 rings (SSSR count). The predicted octanol–water partition coefficient (Wildman–Crippen LogP) is 6.20. The Kier molecular flexibility index (Phi) is 4.52. The van der Waals surface area contributed by atoms with E-state index >= 15 is 0 Å². The highest BCUT2D eigenvalue weighted by Gasteiger charge is 2.15. The second-order valence-electron chi connectivity index (χ2n) is 4.35. The van der Waals surface area contributed by atoms with E-state index in [0.717, 1.165) is 15.1 Å². The maximum absolute atomic E-state index is 6.33. The molecule has 0 aromatic heterocycles. The summed E-state index contributed by atoms with van der Waals surface area (Å²) in [5.74, 6) is 0. The molecule has 0 saturated carbocycles. The molecule has 3 heteroatoms. The van der Waals surface area contributed by atoms with E-state index < -0.39 is 0 Å². The summed E-state index contributed by atoms with van der Waals surface area (Å²) in [4.78, 5) is 0.113. The van der Waals surface area contributed by atoms with Gasteiger partial charge in [-0.1, -0.05) is 57.9 Å². The Labute approximate surface area is 130 Å². The molecule has 0 spiro atoms. The molecule has 0 radical (unpaired) electrons. The van der Waals surface area contributed by atoms with E-state index in [1.165, 1.54) is 16.7 Å². The lowest BCUT2D eigenvalue weighted by Gasteiger charge is -2.14. The van der Waals surface area contributed by atoms with Crippen molar-refractivity contribution in [2.75, 3.05) is 0 Å². The highest BCUT2D eigenvalue weighted by molar-refractivity contribution is 9.10. The molecule has 18 heavy (non-hydrogen) atoms. The first-order chi connectivity index (χ1) is 8.50. The molecule has 0 nitrogen and oxygen atoms in total. The van der Waals surface area contributed by atoms with Crippen molar-refractivity contribution in [1.29, 1.82) is 0 Å². The van der Waals surface area contributed by atoms with E-state index in [1.807, 2.05) is 18.2 Å². The largest absolute Gasteiger partial charge is 0.0827 e. The predicted molar refractivity (Wildman–Crippen MR) is 85.8 cm³/mol. The second kappa shape index (κ2) is 5.77. The Hall–Kier alpha value is -0.310. The molecule has 0 aliphatic carbocycles. The van der Waals surface area contributed by atoms with Crippen molar-refractivity contribution < 1.29 is 0 Å². The Balaban J connectivity index is 2.44. The summed E-state index contributed by atoms with van der Waals surface area (Å²) < 4.78 is 0.926. The van der Waals surface area contributed by atoms with Gasteiger partial charge in [0.05, 0.1) is 9.85 Å². The third-order valence-electron chi connectivity index (χ3n) is 3.08. The summed E-state index contributed by atoms with van der Waals surface area (Å²) in [6, 6.07) is 12.5. The van der Waals surface area contributed by atoms with Gasteiger partial charge in [0, 0.05) is 4.47 Å². The molecular weight excluding hydrogens is 375 g/mol. The number of aryl methyl sites for hydroxylation is 2. The van der Waals surface area contributed by atoms with Gasteiger partial charge in [-0.15, -0.1) is 0 Å². The van der Waals surface area contributed by atoms with Gasteiger partial charge < -0.3 is 0 Å². The van der Waals surface area contributed by atoms with E-state index in [4.69, 9.17) is 11.6 Å². The van der Waals surface area contributed by atoms with Crippen LogP contribution in [0.4, 0.5) is 0 Å². The fourth-order valence-electron chi connectivity index (χ4n) is 1.82. The summed E-state index contributed by atoms with van der Waals surface area (Å²) in [6.45, 7) is 4.25. The fourth-order valence-corrected chi connectivity index (χ4v) is 3.23. The van der Waals surface area contributed by atoms with Crippen molar-refractivity contribution >= 4 is 43.5 Å². The summed E-state index contributed by atoms with van der Waals surface area (Å²) in [5.41, 5.74) is 4.90. The van der Waals surface area contributed by atoms with Crippen molar-refractivity contribution in [2.45, 2.75) is 18.7 Å². The third kappa shape index (κ3) is 2.81. The van der Waals surface area contributed by atoms with Crippen molar-refractivity contribution in [3.8, 4) is 0 Å². The van der Waals surface area contributed by atoms with Crippen LogP contribution < -0.4 is 0 Å². The van der Waals surface area contributed by atoms with Crippen LogP contribution in [0.25, 0.3) is 0 Å². The van der Waals surface area contributed by atoms with Crippen LogP contribution in [0.3, 0.4) is 0 Å². The first-order valence-electron chi connectivity index (χ1n) is 5.66. The SMILES string of the molecule is Cc1ccc(C(Br)c2cccc(Br)c2Cl)cc1C. The molecule has 1 atom stereocenters. The highest BCUT2D eigenvalue weighted by Crippen LogP contribution is 2.38. The molecule has 94 valence electrons. The smallest absolute Gasteiger partial charge is 0.0659 e. The number of alkyl halides is 1. The summed E-state index contributed by atoms with van der Waals surface area (Å²) in [6.07, 6.45) is 0. The number of hydrogen-bond acceptors (Lipinski definition) is 0. The molecule has 0 aliphatic rings. The lowest BCUT2D eigenvalue weighted by Crippen LogP contribution is -1.95. The third-order valence-corrected chi connectivity index (χ3v) is 5.41. The zero-order valence-electron chi connectivity index (χ0n) is 10.2. The first-order valence-corrected chi connectivity index (χ1v) is 7.74. The van der Waals surface area contributed by atoms with Gasteiger partial charge in [0.15, 0.2) is 0 Å². The maximum atomic E-state index is 6.33. The quantitative estimate of drug-likeness (QED) is 0.537. The molecule has 0 aliphatic heterocycles. The molecule has 2 aromatic rings. The lowest BCUT2D eigenvalue weighted by molar-refractivity contribution is 1.15. The second-order valence-corrected chi connectivity index (χ2v) is 6.50. The van der Waals surface area contributed by atoms with Gasteiger partial charge >= 0.3 is 0 Å². The Morgan fingerprint density at radius 2 is 1.78 bits per heavy atom. The topological polar surface area (TPSA) is 0 Å². The van der Waals surface area contributed by atoms with Gasteiger partial charge in [0.25, 0.3) is 0 Å². The van der Waals surface area contributed by atoms with E-state index in [-0.39, 0.29) is 4.83 Å². The fraction of sp³-hybridized carbons (Fsp3) is 0.200. The summed E-state index contributed by atoms with van der Waals surface area (Å²) >= 11 is 13.5. The van der Waals surface area contributed by atoms with Crippen LogP contribution in [0, 0.1) is 13.8 Å². The van der Waals surface area contributed by atoms with Crippen LogP contribution in [0.15, 0.2) is 40.9 Å². The van der Waals surface area contributed by atoms with Crippen LogP contribution in [0.1, 0.15) is 27.1 Å². The lowest BCUT2D eigenvalue weighted by atomic mass is 10.0. The molecular formula is C15H13Br2Cl. The van der Waals surface area contributed by atoms with E-state index in [9.17, 15) is 0 Å². The van der Waals surface area contributed by atoms with Crippen LogP contribution in [0.5, 0.6) is 0 Å². The Morgan fingerprint density at radius 3 is 2.44 bits per heavy atom. The average molecular weight is 389 g/mol. The number of benzene rings is 2. The summed E-state index contributed by atoms with van der Waals surface area (Å²) in [5, 5.41) is 0.762. The van der Waals surface area contributed by atoms with Gasteiger partial charge in [-0.3, -0.25) is 0 Å². The average Bonchev–Trinajstić information content (AvgIpc) is 2.35. The molecule has 0 amide bonds. The van der Waals surface area contributed by atoms with Gasteiger partial charge in [-0.25, -0.2) is 0 Å². The normalized spacial score (nSPS) is 12.5. The molecule has 0 bridgehead atoms. The van der Waals surface area contributed by atoms with Gasteiger partial charge in [-0.2, -0.15) is 0 Å². The molecule has 0 N–H and O–H groups in total. The minimum absolute atomic E-state index is 0.113. The molecule has 0 saturated heterocycles. The molecule has 2 aromatic carbocycles. The number of rotatable bonds is 2. The van der Waals surface area contributed by atoms with Crippen molar-refractivity contribution in [2.24, 2.45) is 0 Å². The van der Waals surface area contributed by atoms with Crippen molar-refractivity contribution in [3.63, 3.8) is 0 Å². The van der Waals surface area contributed by atoms with Gasteiger partial charge in [0.2, 0.25) is 0 Å². The van der Waals surface area contributed by atoms with E-state index in [0.29, 0.717) is 0 Å². The molecule has 1 unspecified atom stereocenters. The maximum Gasteiger partial charge on any atom is 0.0659 e. The highest BCUT2D eigenvalue weighted by atomic mass is 79.9. The zero-order valence-corrected chi connectivity index (χ0v) is 14.1. The Morgan fingerprint density at radius 1 is 1.06 bits per heavy atom. The van der Waals surface area contributed by atoms with Gasteiger partial charge in [-0.05, 0) is 58.1 Å². The van der Waals surface area contributed by atoms with Crippen molar-refractivity contribution in [3.05, 3.63) is 68.1 Å². The Bertz CT molecular complexity index is 579. The minimum Gasteiger partial charge on any atom is -0.0827 e. The molecule has 0 fully saturated rings. The van der Waals surface area contributed by atoms with E-state index in [2.05, 4.69) is 63.9 Å². The van der Waals surface area contributed by atoms with E-state index in [1.54, 1.807) is 0 Å². The van der Waals surface area contributed by atoms with Crippen LogP contribution >= 0.6 is 43.5 Å². The van der Waals surface area contributed by atoms with Crippen LogP contribution in [-0.4, -0.2) is 0 Å². The number of halogens is 3. The van der Waals surface area contributed by atoms with Crippen LogP contribution in [0.2, 0.25) is 5.02 Å². The summed E-state index contributed by atoms with van der Waals surface area (Å²) in [7, 11) is 0. The van der Waals surface area contributed by atoms with Crippen LogP contribution in [-0.2, 0) is 0 Å². The van der Waals surface area contributed by atoms with Crippen molar-refractivity contribution in [1.82, 2.24) is 0 Å². The number of hydrogen-bond donors (Lipinski definition) is 0. The van der Waals surface area contributed by atoms with Gasteiger partial charge in [0.1, 0.15) is 0 Å².